The van der Waals surface area contributed by atoms with Crippen LogP contribution in [0, 0.1) is 0 Å². The van der Waals surface area contributed by atoms with E-state index in [0.717, 1.165) is 31.4 Å². The number of benzene rings is 2. The fourth-order valence-corrected chi connectivity index (χ4v) is 4.89. The van der Waals surface area contributed by atoms with Crippen molar-refractivity contribution in [1.82, 2.24) is 4.90 Å². The van der Waals surface area contributed by atoms with E-state index < -0.39 is 0 Å². The predicted molar refractivity (Wildman–Crippen MR) is 128 cm³/mol. The molecule has 2 aromatic carbocycles. The van der Waals surface area contributed by atoms with E-state index in [1.54, 1.807) is 12.3 Å². The largest absolute Gasteiger partial charge is 0.467 e. The summed E-state index contributed by atoms with van der Waals surface area (Å²) in [6.45, 7) is 4.12. The number of anilines is 2. The van der Waals surface area contributed by atoms with Crippen LogP contribution in [0.1, 0.15) is 53.4 Å². The second-order valence-electron chi connectivity index (χ2n) is 8.99. The lowest BCUT2D eigenvalue weighted by molar-refractivity contribution is -0.133. The number of carbonyl (C=O) groups excluding carboxylic acids is 2. The zero-order chi connectivity index (χ0) is 22.8. The molecule has 2 aliphatic rings. The molecule has 6 nitrogen and oxygen atoms in total. The van der Waals surface area contributed by atoms with Crippen molar-refractivity contribution in [2.45, 2.75) is 51.7 Å². The molecule has 0 aliphatic carbocycles. The summed E-state index contributed by atoms with van der Waals surface area (Å²) in [6.07, 6.45) is 5.21. The van der Waals surface area contributed by atoms with E-state index in [2.05, 4.69) is 35.3 Å². The molecular weight excluding hydrogens is 414 g/mol. The number of fused-ring (bicyclic) bond motifs is 1. The first-order valence-corrected chi connectivity index (χ1v) is 11.7. The Labute approximate surface area is 194 Å². The molecule has 1 unspecified atom stereocenters. The monoisotopic (exact) mass is 443 g/mol. The van der Waals surface area contributed by atoms with Crippen LogP contribution in [0.5, 0.6) is 0 Å². The summed E-state index contributed by atoms with van der Waals surface area (Å²) >= 11 is 0. The Hall–Kier alpha value is -3.54. The first-order valence-electron chi connectivity index (χ1n) is 11.7. The van der Waals surface area contributed by atoms with Crippen molar-refractivity contribution < 1.29 is 14.0 Å². The molecule has 1 saturated heterocycles. The number of amides is 2. The van der Waals surface area contributed by atoms with Crippen molar-refractivity contribution in [2.24, 2.45) is 0 Å². The topological polar surface area (TPSA) is 65.8 Å². The molecule has 33 heavy (non-hydrogen) atoms. The Morgan fingerprint density at radius 1 is 1.09 bits per heavy atom. The summed E-state index contributed by atoms with van der Waals surface area (Å²) in [7, 11) is 0. The van der Waals surface area contributed by atoms with Crippen LogP contribution in [0.4, 0.5) is 11.4 Å². The zero-order valence-corrected chi connectivity index (χ0v) is 18.9. The number of carbonyl (C=O) groups is 2. The van der Waals surface area contributed by atoms with E-state index in [1.807, 2.05) is 35.2 Å². The highest BCUT2D eigenvalue weighted by Crippen LogP contribution is 2.33. The van der Waals surface area contributed by atoms with Gasteiger partial charge in [0.1, 0.15) is 5.76 Å². The number of nitrogens with one attached hydrogen (secondary N) is 1. The maximum atomic E-state index is 13.1. The van der Waals surface area contributed by atoms with Gasteiger partial charge in [0, 0.05) is 36.9 Å². The average Bonchev–Trinajstić information content (AvgIpc) is 3.40. The molecule has 5 rings (SSSR count). The third kappa shape index (κ3) is 4.51. The van der Waals surface area contributed by atoms with E-state index in [1.165, 1.54) is 11.3 Å². The third-order valence-corrected chi connectivity index (χ3v) is 6.63. The van der Waals surface area contributed by atoms with E-state index in [9.17, 15) is 9.59 Å². The number of likely N-dealkylation sites (tertiary alicyclic amines) is 1. The fourth-order valence-electron chi connectivity index (χ4n) is 4.89. The highest BCUT2D eigenvalue weighted by molar-refractivity contribution is 6.05. The molecule has 0 bridgehead atoms. The summed E-state index contributed by atoms with van der Waals surface area (Å²) in [5.41, 5.74) is 4.80. The van der Waals surface area contributed by atoms with Gasteiger partial charge in [0.15, 0.2) is 0 Å². The van der Waals surface area contributed by atoms with Crippen LogP contribution in [0.15, 0.2) is 65.3 Å². The number of rotatable bonds is 6. The Kier molecular flexibility index (Phi) is 5.90. The van der Waals surface area contributed by atoms with Crippen LogP contribution in [0.3, 0.4) is 0 Å². The molecule has 1 aromatic heterocycles. The second-order valence-corrected chi connectivity index (χ2v) is 8.99. The smallest absolute Gasteiger partial charge is 0.259 e. The third-order valence-electron chi connectivity index (χ3n) is 6.63. The maximum Gasteiger partial charge on any atom is 0.259 e. The number of hydrogen-bond donors (Lipinski definition) is 1. The van der Waals surface area contributed by atoms with E-state index in [4.69, 9.17) is 4.42 Å². The average molecular weight is 444 g/mol. The number of para-hydroxylation sites is 1. The van der Waals surface area contributed by atoms with Crippen LogP contribution >= 0.6 is 0 Å². The number of furan rings is 1. The van der Waals surface area contributed by atoms with Gasteiger partial charge in [-0.15, -0.1) is 0 Å². The standard InChI is InChI=1S/C27H29N3O3/c1-19-15-21-8-2-3-10-24(21)30(19)18-25-23(12-14-33-25)27(32)28-22-9-6-7-20(16-22)17-29-13-5-4-11-26(29)31/h2-3,6-10,12,14,16,19H,4-5,11,13,15,17-18H2,1H3,(H,28,32). The van der Waals surface area contributed by atoms with Crippen LogP contribution in [-0.4, -0.2) is 29.3 Å². The fraction of sp³-hybridized carbons (Fsp3) is 0.333. The number of hydrogen-bond acceptors (Lipinski definition) is 4. The SMILES string of the molecule is CC1Cc2ccccc2N1Cc1occc1C(=O)Nc1cccc(CN2CCCCC2=O)c1. The first kappa shape index (κ1) is 21.3. The van der Waals surface area contributed by atoms with Gasteiger partial charge >= 0.3 is 0 Å². The Balaban J connectivity index is 1.28. The van der Waals surface area contributed by atoms with E-state index in [0.29, 0.717) is 42.6 Å². The molecule has 0 saturated carbocycles. The molecule has 1 fully saturated rings. The zero-order valence-electron chi connectivity index (χ0n) is 18.9. The quantitative estimate of drug-likeness (QED) is 0.583. The van der Waals surface area contributed by atoms with Crippen LogP contribution < -0.4 is 10.2 Å². The molecule has 2 amide bonds. The Bertz CT molecular complexity index is 1170. The number of nitrogens with zero attached hydrogens (tertiary/aromatic N) is 2. The van der Waals surface area contributed by atoms with Crippen molar-refractivity contribution in [1.29, 1.82) is 0 Å². The lowest BCUT2D eigenvalue weighted by atomic mass is 10.1. The van der Waals surface area contributed by atoms with Crippen molar-refractivity contribution >= 4 is 23.2 Å². The summed E-state index contributed by atoms with van der Waals surface area (Å²) in [6, 6.07) is 18.2. The Morgan fingerprint density at radius 2 is 1.97 bits per heavy atom. The van der Waals surface area contributed by atoms with Crippen LogP contribution in [0.2, 0.25) is 0 Å². The van der Waals surface area contributed by atoms with Crippen LogP contribution in [-0.2, 0) is 24.3 Å². The van der Waals surface area contributed by atoms with Gasteiger partial charge in [-0.2, -0.15) is 0 Å². The molecule has 3 aromatic rings. The lowest BCUT2D eigenvalue weighted by Crippen LogP contribution is -2.34. The molecule has 170 valence electrons. The molecule has 3 heterocycles. The van der Waals surface area contributed by atoms with Gasteiger partial charge in [-0.05, 0) is 61.6 Å². The summed E-state index contributed by atoms with van der Waals surface area (Å²) < 4.78 is 5.74. The highest BCUT2D eigenvalue weighted by atomic mass is 16.3. The molecular formula is C27H29N3O3. The molecule has 1 N–H and O–H groups in total. The summed E-state index contributed by atoms with van der Waals surface area (Å²) in [4.78, 5) is 29.4. The first-order chi connectivity index (χ1) is 16.1. The van der Waals surface area contributed by atoms with Crippen molar-refractivity contribution in [2.75, 3.05) is 16.8 Å². The van der Waals surface area contributed by atoms with Gasteiger partial charge < -0.3 is 19.5 Å². The second kappa shape index (κ2) is 9.14. The van der Waals surface area contributed by atoms with E-state index in [-0.39, 0.29) is 11.8 Å². The minimum absolute atomic E-state index is 0.190. The van der Waals surface area contributed by atoms with Crippen molar-refractivity contribution in [3.8, 4) is 0 Å². The number of piperidine rings is 1. The van der Waals surface area contributed by atoms with Gasteiger partial charge in [0.25, 0.3) is 5.91 Å². The van der Waals surface area contributed by atoms with E-state index >= 15 is 0 Å². The molecule has 0 radical (unpaired) electrons. The normalized spacial score (nSPS) is 17.8. The molecule has 6 heteroatoms. The molecule has 1 atom stereocenters. The predicted octanol–water partition coefficient (Wildman–Crippen LogP) is 5.00. The molecule has 2 aliphatic heterocycles. The van der Waals surface area contributed by atoms with Crippen molar-refractivity contribution in [3.63, 3.8) is 0 Å². The van der Waals surface area contributed by atoms with Gasteiger partial charge in [-0.25, -0.2) is 0 Å². The minimum Gasteiger partial charge on any atom is -0.467 e. The maximum absolute atomic E-state index is 13.1. The van der Waals surface area contributed by atoms with Gasteiger partial charge in [-0.1, -0.05) is 30.3 Å². The minimum atomic E-state index is -0.190. The molecule has 0 spiro atoms. The Morgan fingerprint density at radius 3 is 2.85 bits per heavy atom. The van der Waals surface area contributed by atoms with Crippen molar-refractivity contribution in [3.05, 3.63) is 83.3 Å². The lowest BCUT2D eigenvalue weighted by Gasteiger charge is -2.26. The van der Waals surface area contributed by atoms with Crippen LogP contribution in [0.25, 0.3) is 0 Å². The summed E-state index contributed by atoms with van der Waals surface area (Å²) in [5, 5.41) is 3.01. The van der Waals surface area contributed by atoms with Gasteiger partial charge in [-0.3, -0.25) is 9.59 Å². The van der Waals surface area contributed by atoms with Gasteiger partial charge in [0.05, 0.1) is 18.4 Å². The summed E-state index contributed by atoms with van der Waals surface area (Å²) in [5.74, 6) is 0.674. The highest BCUT2D eigenvalue weighted by Gasteiger charge is 2.28. The van der Waals surface area contributed by atoms with Gasteiger partial charge in [0.2, 0.25) is 5.91 Å².